The highest BCUT2D eigenvalue weighted by Gasteiger charge is 2.28. The summed E-state index contributed by atoms with van der Waals surface area (Å²) in [6, 6.07) is 14.9. The van der Waals surface area contributed by atoms with Crippen LogP contribution in [-0.2, 0) is 10.0 Å². The second-order valence-corrected chi connectivity index (χ2v) is 8.60. The van der Waals surface area contributed by atoms with Crippen LogP contribution in [0.1, 0.15) is 30.1 Å². The van der Waals surface area contributed by atoms with Gasteiger partial charge in [-0.3, -0.25) is 9.10 Å². The summed E-state index contributed by atoms with van der Waals surface area (Å²) in [4.78, 5) is 12.4. The van der Waals surface area contributed by atoms with Crippen LogP contribution in [0.15, 0.2) is 59.5 Å². The topological polar surface area (TPSA) is 92.5 Å². The van der Waals surface area contributed by atoms with Crippen LogP contribution in [0.25, 0.3) is 0 Å². The van der Waals surface area contributed by atoms with Gasteiger partial charge in [-0.1, -0.05) is 18.2 Å². The van der Waals surface area contributed by atoms with Crippen molar-refractivity contribution in [1.29, 1.82) is 0 Å². The molecule has 1 aliphatic carbocycles. The molecule has 1 fully saturated rings. The SMILES string of the molecule is CCN(c1ccccc1)S(=O)(=O)c1ccc(C(=O)NCC(N)C2CC2)cc1.Cl. The van der Waals surface area contributed by atoms with E-state index in [0.29, 0.717) is 30.3 Å². The number of nitrogens with two attached hydrogens (primary N) is 1. The molecule has 0 aromatic heterocycles. The Morgan fingerprint density at radius 2 is 1.75 bits per heavy atom. The van der Waals surface area contributed by atoms with Crippen molar-refractivity contribution in [2.45, 2.75) is 30.7 Å². The normalized spacial score (nSPS) is 14.6. The molecule has 1 unspecified atom stereocenters. The summed E-state index contributed by atoms with van der Waals surface area (Å²) >= 11 is 0. The molecule has 1 atom stereocenters. The zero-order valence-electron chi connectivity index (χ0n) is 15.7. The van der Waals surface area contributed by atoms with Crippen molar-refractivity contribution in [3.05, 3.63) is 60.2 Å². The van der Waals surface area contributed by atoms with E-state index in [1.165, 1.54) is 28.6 Å². The number of carbonyl (C=O) groups excluding carboxylic acids is 1. The molecule has 0 heterocycles. The van der Waals surface area contributed by atoms with E-state index < -0.39 is 10.0 Å². The Hall–Kier alpha value is -2.09. The highest BCUT2D eigenvalue weighted by atomic mass is 35.5. The summed E-state index contributed by atoms with van der Waals surface area (Å²) in [5.41, 5.74) is 7.01. The summed E-state index contributed by atoms with van der Waals surface area (Å²) < 4.78 is 27.2. The molecule has 3 rings (SSSR count). The van der Waals surface area contributed by atoms with Crippen molar-refractivity contribution in [2.24, 2.45) is 11.7 Å². The van der Waals surface area contributed by atoms with Crippen LogP contribution >= 0.6 is 12.4 Å². The molecule has 1 aliphatic rings. The van der Waals surface area contributed by atoms with Gasteiger partial charge in [0, 0.05) is 24.7 Å². The van der Waals surface area contributed by atoms with Gasteiger partial charge in [0.05, 0.1) is 10.6 Å². The first kappa shape index (κ1) is 22.2. The molecular formula is C20H26ClN3O3S. The number of hydrogen-bond acceptors (Lipinski definition) is 4. The lowest BCUT2D eigenvalue weighted by Gasteiger charge is -2.23. The van der Waals surface area contributed by atoms with E-state index in [1.54, 1.807) is 31.2 Å². The smallest absolute Gasteiger partial charge is 0.264 e. The summed E-state index contributed by atoms with van der Waals surface area (Å²) in [7, 11) is -3.69. The number of nitrogens with one attached hydrogen (secondary N) is 1. The molecule has 3 N–H and O–H groups in total. The minimum Gasteiger partial charge on any atom is -0.350 e. The maximum atomic E-state index is 13.0. The van der Waals surface area contributed by atoms with Crippen molar-refractivity contribution in [3.8, 4) is 0 Å². The second kappa shape index (κ2) is 9.41. The monoisotopic (exact) mass is 423 g/mol. The van der Waals surface area contributed by atoms with Crippen molar-refractivity contribution < 1.29 is 13.2 Å². The van der Waals surface area contributed by atoms with Gasteiger partial charge in [0.2, 0.25) is 0 Å². The molecule has 2 aromatic carbocycles. The number of amides is 1. The van der Waals surface area contributed by atoms with E-state index in [-0.39, 0.29) is 29.3 Å². The highest BCUT2D eigenvalue weighted by molar-refractivity contribution is 7.92. The lowest BCUT2D eigenvalue weighted by molar-refractivity contribution is 0.0950. The third-order valence-corrected chi connectivity index (χ3v) is 6.68. The summed E-state index contributed by atoms with van der Waals surface area (Å²) in [6.07, 6.45) is 2.25. The number of nitrogens with zero attached hydrogens (tertiary/aromatic N) is 1. The Labute approximate surface area is 172 Å². The fourth-order valence-corrected chi connectivity index (χ4v) is 4.47. The quantitative estimate of drug-likeness (QED) is 0.682. The van der Waals surface area contributed by atoms with Gasteiger partial charge in [0.25, 0.3) is 15.9 Å². The van der Waals surface area contributed by atoms with Crippen molar-refractivity contribution in [3.63, 3.8) is 0 Å². The van der Waals surface area contributed by atoms with Gasteiger partial charge in [-0.2, -0.15) is 0 Å². The third kappa shape index (κ3) is 5.04. The Kier molecular flexibility index (Phi) is 7.46. The van der Waals surface area contributed by atoms with E-state index in [1.807, 2.05) is 6.07 Å². The molecule has 0 bridgehead atoms. The predicted octanol–water partition coefficient (Wildman–Crippen LogP) is 2.79. The zero-order chi connectivity index (χ0) is 19.4. The standard InChI is InChI=1S/C20H25N3O3S.ClH/c1-2-23(17-6-4-3-5-7-17)27(25,26)18-12-10-16(11-13-18)20(24)22-14-19(21)15-8-9-15;/h3-7,10-13,15,19H,2,8-9,14,21H2,1H3,(H,22,24);1H. The molecule has 2 aromatic rings. The van der Waals surface area contributed by atoms with E-state index in [2.05, 4.69) is 5.32 Å². The lowest BCUT2D eigenvalue weighted by atomic mass is 10.2. The van der Waals surface area contributed by atoms with E-state index in [9.17, 15) is 13.2 Å². The molecule has 0 radical (unpaired) electrons. The van der Waals surface area contributed by atoms with E-state index >= 15 is 0 Å². The molecular weight excluding hydrogens is 398 g/mol. The number of rotatable bonds is 8. The van der Waals surface area contributed by atoms with E-state index in [4.69, 9.17) is 5.73 Å². The number of anilines is 1. The minimum absolute atomic E-state index is 0. The minimum atomic E-state index is -3.69. The lowest BCUT2D eigenvalue weighted by Crippen LogP contribution is -2.38. The number of halogens is 1. The zero-order valence-corrected chi connectivity index (χ0v) is 17.4. The molecule has 0 aliphatic heterocycles. The van der Waals surface area contributed by atoms with Gasteiger partial charge in [0.1, 0.15) is 0 Å². The average molecular weight is 424 g/mol. The molecule has 0 spiro atoms. The Morgan fingerprint density at radius 3 is 2.29 bits per heavy atom. The number of para-hydroxylation sites is 1. The van der Waals surface area contributed by atoms with Gasteiger partial charge in [-0.05, 0) is 62.1 Å². The first-order valence-corrected chi connectivity index (χ1v) is 10.6. The maximum absolute atomic E-state index is 13.0. The van der Waals surface area contributed by atoms with Gasteiger partial charge >= 0.3 is 0 Å². The molecule has 6 nitrogen and oxygen atoms in total. The first-order valence-electron chi connectivity index (χ1n) is 9.15. The average Bonchev–Trinajstić information content (AvgIpc) is 3.52. The number of hydrogen-bond donors (Lipinski definition) is 2. The van der Waals surface area contributed by atoms with E-state index in [0.717, 1.165) is 12.8 Å². The largest absolute Gasteiger partial charge is 0.350 e. The summed E-state index contributed by atoms with van der Waals surface area (Å²) in [5, 5.41) is 2.81. The van der Waals surface area contributed by atoms with Gasteiger partial charge in [-0.15, -0.1) is 12.4 Å². The van der Waals surface area contributed by atoms with Crippen LogP contribution in [0, 0.1) is 5.92 Å². The Morgan fingerprint density at radius 1 is 1.14 bits per heavy atom. The predicted molar refractivity (Wildman–Crippen MR) is 113 cm³/mol. The Bertz CT molecular complexity index is 885. The van der Waals surface area contributed by atoms with Crippen LogP contribution in [0.3, 0.4) is 0 Å². The number of benzene rings is 2. The maximum Gasteiger partial charge on any atom is 0.264 e. The number of carbonyl (C=O) groups is 1. The van der Waals surface area contributed by atoms with Crippen LogP contribution in [-0.4, -0.2) is 33.5 Å². The highest BCUT2D eigenvalue weighted by Crippen LogP contribution is 2.31. The second-order valence-electron chi connectivity index (χ2n) is 6.74. The van der Waals surface area contributed by atoms with Gasteiger partial charge in [0.15, 0.2) is 0 Å². The molecule has 1 amide bonds. The van der Waals surface area contributed by atoms with Gasteiger partial charge in [-0.25, -0.2) is 8.42 Å². The van der Waals surface area contributed by atoms with Crippen molar-refractivity contribution in [2.75, 3.05) is 17.4 Å². The van der Waals surface area contributed by atoms with Crippen LogP contribution < -0.4 is 15.4 Å². The molecule has 8 heteroatoms. The van der Waals surface area contributed by atoms with Crippen LogP contribution in [0.2, 0.25) is 0 Å². The third-order valence-electron chi connectivity index (χ3n) is 4.76. The first-order chi connectivity index (χ1) is 12.9. The molecule has 1 saturated carbocycles. The summed E-state index contributed by atoms with van der Waals surface area (Å²) in [5.74, 6) is 0.265. The molecule has 0 saturated heterocycles. The fourth-order valence-electron chi connectivity index (χ4n) is 2.99. The molecule has 152 valence electrons. The fraction of sp³-hybridized carbons (Fsp3) is 0.350. The van der Waals surface area contributed by atoms with Crippen molar-refractivity contribution in [1.82, 2.24) is 5.32 Å². The van der Waals surface area contributed by atoms with Gasteiger partial charge < -0.3 is 11.1 Å². The van der Waals surface area contributed by atoms with Crippen molar-refractivity contribution >= 4 is 34.0 Å². The molecule has 28 heavy (non-hydrogen) atoms. The van der Waals surface area contributed by atoms with Crippen LogP contribution in [0.5, 0.6) is 0 Å². The number of sulfonamides is 1. The Balaban J connectivity index is 0.00000280. The summed E-state index contributed by atoms with van der Waals surface area (Å²) in [6.45, 7) is 2.53. The van der Waals surface area contributed by atoms with Crippen LogP contribution in [0.4, 0.5) is 5.69 Å².